The molecule has 0 saturated carbocycles. The van der Waals surface area contributed by atoms with Crippen LogP contribution >= 0.6 is 15.9 Å². The van der Waals surface area contributed by atoms with Gasteiger partial charge in [0.05, 0.1) is 5.52 Å². The highest BCUT2D eigenvalue weighted by molar-refractivity contribution is 9.10. The number of benzene rings is 1. The van der Waals surface area contributed by atoms with E-state index in [2.05, 4.69) is 15.9 Å². The predicted octanol–water partition coefficient (Wildman–Crippen LogP) is 2.65. The molecule has 0 spiro atoms. The minimum atomic E-state index is -0.0123. The van der Waals surface area contributed by atoms with Crippen LogP contribution in [0.25, 0.3) is 10.9 Å². The van der Waals surface area contributed by atoms with E-state index in [1.807, 2.05) is 12.1 Å². The molecule has 2 aromatic rings. The number of carbonyl (C=O) groups is 1. The smallest absolute Gasteiger partial charge is 0.227 e. The molecule has 3 nitrogen and oxygen atoms in total. The Kier molecular flexibility index (Phi) is 2.07. The fraction of sp³-hybridized carbons (Fsp3) is 0.100. The quantitative estimate of drug-likeness (QED) is 0.733. The maximum Gasteiger partial charge on any atom is 0.227 e. The van der Waals surface area contributed by atoms with E-state index in [0.29, 0.717) is 5.69 Å². The Morgan fingerprint density at radius 1 is 1.50 bits per heavy atom. The molecule has 0 unspecified atom stereocenters. The van der Waals surface area contributed by atoms with Gasteiger partial charge in [0.15, 0.2) is 0 Å². The zero-order valence-electron chi connectivity index (χ0n) is 7.62. The average Bonchev–Trinajstić information content (AvgIpc) is 2.48. The van der Waals surface area contributed by atoms with Crippen LogP contribution in [0.4, 0.5) is 5.69 Å². The van der Waals surface area contributed by atoms with E-state index >= 15 is 0 Å². The van der Waals surface area contributed by atoms with Gasteiger partial charge in [0.1, 0.15) is 0 Å². The summed E-state index contributed by atoms with van der Waals surface area (Å²) in [4.78, 5) is 11.2. The Morgan fingerprint density at radius 2 is 2.21 bits per heavy atom. The summed E-state index contributed by atoms with van der Waals surface area (Å²) in [6.07, 6.45) is 1.75. The van der Waals surface area contributed by atoms with Crippen LogP contribution in [0.2, 0.25) is 0 Å². The third-order valence-electron chi connectivity index (χ3n) is 2.15. The van der Waals surface area contributed by atoms with E-state index in [9.17, 15) is 4.79 Å². The molecule has 4 heteroatoms. The van der Waals surface area contributed by atoms with Crippen molar-refractivity contribution in [1.82, 2.24) is 4.57 Å². The van der Waals surface area contributed by atoms with Gasteiger partial charge in [0, 0.05) is 28.7 Å². The van der Waals surface area contributed by atoms with Crippen LogP contribution in [0.1, 0.15) is 11.7 Å². The lowest BCUT2D eigenvalue weighted by atomic mass is 10.2. The van der Waals surface area contributed by atoms with Crippen molar-refractivity contribution in [3.05, 3.63) is 28.9 Å². The zero-order chi connectivity index (χ0) is 10.3. The molecule has 0 aliphatic carbocycles. The molecular weight excluding hydrogens is 244 g/mol. The van der Waals surface area contributed by atoms with E-state index in [-0.39, 0.29) is 5.91 Å². The summed E-state index contributed by atoms with van der Waals surface area (Å²) in [5.41, 5.74) is 7.23. The summed E-state index contributed by atoms with van der Waals surface area (Å²) >= 11 is 3.34. The first-order valence-electron chi connectivity index (χ1n) is 4.16. The Balaban J connectivity index is 2.80. The molecule has 0 aliphatic rings. The van der Waals surface area contributed by atoms with Gasteiger partial charge in [-0.1, -0.05) is 0 Å². The molecule has 0 amide bonds. The number of nitrogens with zero attached hydrogens (tertiary/aromatic N) is 1. The largest absolute Gasteiger partial charge is 0.398 e. The predicted molar refractivity (Wildman–Crippen MR) is 60.4 cm³/mol. The topological polar surface area (TPSA) is 48.0 Å². The Bertz CT molecular complexity index is 516. The number of nitrogens with two attached hydrogens (primary N) is 1. The van der Waals surface area contributed by atoms with Crippen molar-refractivity contribution >= 4 is 38.4 Å². The maximum absolute atomic E-state index is 11.2. The van der Waals surface area contributed by atoms with E-state index in [1.165, 1.54) is 6.92 Å². The SMILES string of the molecule is CC(=O)n1ccc2cc(Br)c(N)cc21. The molecule has 0 bridgehead atoms. The second kappa shape index (κ2) is 3.13. The number of nitrogen functional groups attached to an aromatic ring is 1. The number of carbonyl (C=O) groups excluding carboxylic acids is 1. The van der Waals surface area contributed by atoms with Gasteiger partial charge in [-0.25, -0.2) is 0 Å². The second-order valence-electron chi connectivity index (χ2n) is 3.14. The molecule has 0 fully saturated rings. The van der Waals surface area contributed by atoms with Gasteiger partial charge in [-0.15, -0.1) is 0 Å². The molecule has 1 aromatic heterocycles. The lowest BCUT2D eigenvalue weighted by Gasteiger charge is -2.02. The van der Waals surface area contributed by atoms with Crippen LogP contribution in [-0.2, 0) is 0 Å². The fourth-order valence-electron chi connectivity index (χ4n) is 1.45. The number of fused-ring (bicyclic) bond motifs is 1. The van der Waals surface area contributed by atoms with Gasteiger partial charge in [-0.05, 0) is 34.1 Å². The van der Waals surface area contributed by atoms with Crippen LogP contribution < -0.4 is 5.73 Å². The molecule has 0 atom stereocenters. The maximum atomic E-state index is 11.2. The number of aromatic nitrogens is 1. The molecule has 1 aromatic carbocycles. The van der Waals surface area contributed by atoms with E-state index < -0.39 is 0 Å². The summed E-state index contributed by atoms with van der Waals surface area (Å²) in [7, 11) is 0. The number of halogens is 1. The molecular formula is C10H9BrN2O. The molecule has 0 saturated heterocycles. The minimum Gasteiger partial charge on any atom is -0.398 e. The highest BCUT2D eigenvalue weighted by Crippen LogP contribution is 2.26. The summed E-state index contributed by atoms with van der Waals surface area (Å²) in [6, 6.07) is 5.59. The number of rotatable bonds is 0. The number of hydrogen-bond donors (Lipinski definition) is 1. The normalized spacial score (nSPS) is 10.7. The first-order chi connectivity index (χ1) is 6.59. The molecule has 2 rings (SSSR count). The van der Waals surface area contributed by atoms with Gasteiger partial charge >= 0.3 is 0 Å². The number of hydrogen-bond acceptors (Lipinski definition) is 2. The van der Waals surface area contributed by atoms with Gasteiger partial charge in [0.25, 0.3) is 0 Å². The van der Waals surface area contributed by atoms with Gasteiger partial charge in [-0.3, -0.25) is 9.36 Å². The van der Waals surface area contributed by atoms with Gasteiger partial charge in [0.2, 0.25) is 5.91 Å². The zero-order valence-corrected chi connectivity index (χ0v) is 9.21. The summed E-state index contributed by atoms with van der Waals surface area (Å²) in [5.74, 6) is -0.0123. The lowest BCUT2D eigenvalue weighted by Crippen LogP contribution is -2.03. The van der Waals surface area contributed by atoms with Crippen molar-refractivity contribution in [2.24, 2.45) is 0 Å². The molecule has 1 heterocycles. The standard InChI is InChI=1S/C10H9BrN2O/c1-6(14)13-3-2-7-4-8(11)9(12)5-10(7)13/h2-5H,12H2,1H3. The van der Waals surface area contributed by atoms with Crippen molar-refractivity contribution in [2.75, 3.05) is 5.73 Å². The molecule has 14 heavy (non-hydrogen) atoms. The van der Waals surface area contributed by atoms with Gasteiger partial charge in [-0.2, -0.15) is 0 Å². The Hall–Kier alpha value is -1.29. The third-order valence-corrected chi connectivity index (χ3v) is 2.83. The fourth-order valence-corrected chi connectivity index (χ4v) is 1.81. The Morgan fingerprint density at radius 3 is 2.86 bits per heavy atom. The van der Waals surface area contributed by atoms with Crippen LogP contribution in [-0.4, -0.2) is 10.5 Å². The first kappa shape index (κ1) is 9.27. The monoisotopic (exact) mass is 252 g/mol. The van der Waals surface area contributed by atoms with E-state index in [0.717, 1.165) is 15.4 Å². The highest BCUT2D eigenvalue weighted by Gasteiger charge is 2.06. The second-order valence-corrected chi connectivity index (χ2v) is 3.99. The third kappa shape index (κ3) is 1.32. The van der Waals surface area contributed by atoms with Crippen molar-refractivity contribution in [3.63, 3.8) is 0 Å². The van der Waals surface area contributed by atoms with Gasteiger partial charge < -0.3 is 5.73 Å². The van der Waals surface area contributed by atoms with Crippen LogP contribution in [0.15, 0.2) is 28.9 Å². The lowest BCUT2D eigenvalue weighted by molar-refractivity contribution is 0.0941. The molecule has 0 aliphatic heterocycles. The van der Waals surface area contributed by atoms with Crippen LogP contribution in [0.3, 0.4) is 0 Å². The molecule has 0 radical (unpaired) electrons. The molecule has 2 N–H and O–H groups in total. The average molecular weight is 253 g/mol. The van der Waals surface area contributed by atoms with Crippen LogP contribution in [0.5, 0.6) is 0 Å². The molecule has 72 valence electrons. The highest BCUT2D eigenvalue weighted by atomic mass is 79.9. The Labute approximate surface area is 89.6 Å². The first-order valence-corrected chi connectivity index (χ1v) is 4.96. The summed E-state index contributed by atoms with van der Waals surface area (Å²) in [6.45, 7) is 1.53. The van der Waals surface area contributed by atoms with Crippen molar-refractivity contribution in [3.8, 4) is 0 Å². The van der Waals surface area contributed by atoms with E-state index in [4.69, 9.17) is 5.73 Å². The summed E-state index contributed by atoms with van der Waals surface area (Å²) in [5, 5.41) is 1.00. The van der Waals surface area contributed by atoms with E-state index in [1.54, 1.807) is 16.8 Å². The van der Waals surface area contributed by atoms with Crippen molar-refractivity contribution < 1.29 is 4.79 Å². The van der Waals surface area contributed by atoms with Crippen molar-refractivity contribution in [2.45, 2.75) is 6.92 Å². The van der Waals surface area contributed by atoms with Crippen LogP contribution in [0, 0.1) is 0 Å². The number of anilines is 1. The summed E-state index contributed by atoms with van der Waals surface area (Å²) < 4.78 is 2.43. The minimum absolute atomic E-state index is 0.0123. The van der Waals surface area contributed by atoms with Crippen molar-refractivity contribution in [1.29, 1.82) is 0 Å².